The molecule has 6 heteroatoms. The highest BCUT2D eigenvalue weighted by molar-refractivity contribution is 7.80. The van der Waals surface area contributed by atoms with Gasteiger partial charge in [-0.1, -0.05) is 12.2 Å². The minimum atomic E-state index is -4.13. The van der Waals surface area contributed by atoms with Crippen LogP contribution in [0.2, 0.25) is 0 Å². The lowest BCUT2D eigenvalue weighted by Gasteiger charge is -2.17. The molecule has 0 rings (SSSR count). The fraction of sp³-hybridized carbons (Fsp3) is 0.857. The molecule has 0 aliphatic carbocycles. The van der Waals surface area contributed by atoms with Crippen LogP contribution < -0.4 is 5.73 Å². The molecule has 2 nitrogen and oxygen atoms in total. The monoisotopic (exact) mass is 214 g/mol. The van der Waals surface area contributed by atoms with E-state index in [1.165, 1.54) is 11.9 Å². The maximum atomic E-state index is 11.8. The molecule has 0 aromatic rings. The van der Waals surface area contributed by atoms with Crippen LogP contribution >= 0.6 is 12.2 Å². The van der Waals surface area contributed by atoms with Crippen LogP contribution in [0.15, 0.2) is 0 Å². The molecule has 0 aliphatic rings. The van der Waals surface area contributed by atoms with Crippen molar-refractivity contribution in [3.63, 3.8) is 0 Å². The lowest BCUT2D eigenvalue weighted by molar-refractivity contribution is -0.143. The molecule has 0 atom stereocenters. The largest absolute Gasteiger partial charge is 0.401 e. The molecule has 0 unspecified atom stereocenters. The molecule has 0 fully saturated rings. The maximum absolute atomic E-state index is 11.8. The Morgan fingerprint density at radius 2 is 2.00 bits per heavy atom. The van der Waals surface area contributed by atoms with Crippen LogP contribution in [-0.4, -0.2) is 36.2 Å². The summed E-state index contributed by atoms with van der Waals surface area (Å²) in [5, 5.41) is 0. The second kappa shape index (κ2) is 5.39. The van der Waals surface area contributed by atoms with Crippen LogP contribution in [0, 0.1) is 0 Å². The van der Waals surface area contributed by atoms with Gasteiger partial charge < -0.3 is 5.73 Å². The normalized spacial score (nSPS) is 12.1. The summed E-state index contributed by atoms with van der Waals surface area (Å²) in [6, 6.07) is 0. The van der Waals surface area contributed by atoms with Crippen molar-refractivity contribution in [3.05, 3.63) is 0 Å². The van der Waals surface area contributed by atoms with Crippen molar-refractivity contribution in [1.29, 1.82) is 0 Å². The zero-order valence-corrected chi connectivity index (χ0v) is 8.21. The van der Waals surface area contributed by atoms with Crippen molar-refractivity contribution in [2.24, 2.45) is 5.73 Å². The van der Waals surface area contributed by atoms with Crippen LogP contribution in [0.4, 0.5) is 13.2 Å². The van der Waals surface area contributed by atoms with Crippen LogP contribution in [0.1, 0.15) is 12.8 Å². The number of nitrogens with two attached hydrogens (primary N) is 1. The lowest BCUT2D eigenvalue weighted by Crippen LogP contribution is -2.32. The van der Waals surface area contributed by atoms with Gasteiger partial charge in [0.1, 0.15) is 0 Å². The zero-order chi connectivity index (χ0) is 10.5. The van der Waals surface area contributed by atoms with Crippen molar-refractivity contribution in [2.75, 3.05) is 20.1 Å². The highest BCUT2D eigenvalue weighted by atomic mass is 32.1. The van der Waals surface area contributed by atoms with Gasteiger partial charge in [0.25, 0.3) is 0 Å². The molecule has 13 heavy (non-hydrogen) atoms. The molecule has 0 amide bonds. The van der Waals surface area contributed by atoms with E-state index in [9.17, 15) is 13.2 Å². The Morgan fingerprint density at radius 1 is 1.46 bits per heavy atom. The van der Waals surface area contributed by atoms with Gasteiger partial charge in [-0.05, 0) is 26.4 Å². The molecule has 0 bridgehead atoms. The van der Waals surface area contributed by atoms with Gasteiger partial charge in [0, 0.05) is 0 Å². The third-order valence-corrected chi connectivity index (χ3v) is 1.62. The number of alkyl halides is 3. The molecule has 0 aliphatic heterocycles. The van der Waals surface area contributed by atoms with Gasteiger partial charge in [0.2, 0.25) is 0 Å². The number of nitrogens with zero attached hydrogens (tertiary/aromatic N) is 1. The minimum absolute atomic E-state index is 0.348. The number of thiocarbonyl (C=S) groups is 1. The minimum Gasteiger partial charge on any atom is -0.393 e. The molecule has 0 aromatic heterocycles. The number of rotatable bonds is 5. The summed E-state index contributed by atoms with van der Waals surface area (Å²) in [4.78, 5) is 1.55. The molecule has 0 aromatic carbocycles. The van der Waals surface area contributed by atoms with Crippen molar-refractivity contribution >= 4 is 17.2 Å². The summed E-state index contributed by atoms with van der Waals surface area (Å²) in [7, 11) is 1.42. The molecule has 2 N–H and O–H groups in total. The summed E-state index contributed by atoms with van der Waals surface area (Å²) in [6.45, 7) is -0.527. The van der Waals surface area contributed by atoms with E-state index in [1.807, 2.05) is 0 Å². The van der Waals surface area contributed by atoms with Crippen molar-refractivity contribution in [3.8, 4) is 0 Å². The van der Waals surface area contributed by atoms with Crippen LogP contribution in [0.5, 0.6) is 0 Å². The molecule has 0 spiro atoms. The van der Waals surface area contributed by atoms with Gasteiger partial charge in [-0.15, -0.1) is 0 Å². The molecule has 0 saturated heterocycles. The Hall–Kier alpha value is -0.360. The quantitative estimate of drug-likeness (QED) is 0.704. The van der Waals surface area contributed by atoms with E-state index in [1.54, 1.807) is 0 Å². The third-order valence-electron chi connectivity index (χ3n) is 1.41. The van der Waals surface area contributed by atoms with E-state index in [4.69, 9.17) is 5.73 Å². The lowest BCUT2D eigenvalue weighted by atomic mass is 10.3. The number of halogens is 3. The van der Waals surface area contributed by atoms with Crippen LogP contribution in [0.25, 0.3) is 0 Å². The Morgan fingerprint density at radius 3 is 2.38 bits per heavy atom. The topological polar surface area (TPSA) is 29.3 Å². The van der Waals surface area contributed by atoms with E-state index in [-0.39, 0.29) is 0 Å². The first-order valence-corrected chi connectivity index (χ1v) is 4.25. The highest BCUT2D eigenvalue weighted by Crippen LogP contribution is 2.15. The summed E-state index contributed by atoms with van der Waals surface area (Å²) < 4.78 is 35.4. The molecule has 78 valence electrons. The van der Waals surface area contributed by atoms with E-state index in [0.717, 1.165) is 0 Å². The Kier molecular flexibility index (Phi) is 5.24. The third kappa shape index (κ3) is 9.55. The van der Waals surface area contributed by atoms with Gasteiger partial charge in [0.15, 0.2) is 0 Å². The van der Waals surface area contributed by atoms with Crippen LogP contribution in [-0.2, 0) is 0 Å². The van der Waals surface area contributed by atoms with E-state index in [2.05, 4.69) is 12.2 Å². The average molecular weight is 214 g/mol. The van der Waals surface area contributed by atoms with Gasteiger partial charge in [-0.25, -0.2) is 0 Å². The van der Waals surface area contributed by atoms with Crippen molar-refractivity contribution < 1.29 is 13.2 Å². The van der Waals surface area contributed by atoms with Crippen molar-refractivity contribution in [1.82, 2.24) is 4.90 Å². The fourth-order valence-electron chi connectivity index (χ4n) is 0.908. The smallest absolute Gasteiger partial charge is 0.393 e. The number of hydrogen-bond acceptors (Lipinski definition) is 2. The predicted octanol–water partition coefficient (Wildman–Crippen LogP) is 1.55. The summed E-state index contributed by atoms with van der Waals surface area (Å²) in [5.74, 6) is 0. The molecular weight excluding hydrogens is 201 g/mol. The zero-order valence-electron chi connectivity index (χ0n) is 7.40. The summed E-state index contributed by atoms with van der Waals surface area (Å²) >= 11 is 4.59. The Labute approximate surface area is 80.9 Å². The fourth-order valence-corrected chi connectivity index (χ4v) is 1.05. The summed E-state index contributed by atoms with van der Waals surface area (Å²) in [6.07, 6.45) is -3.06. The van der Waals surface area contributed by atoms with E-state index >= 15 is 0 Å². The first-order chi connectivity index (χ1) is 5.81. The highest BCUT2D eigenvalue weighted by Gasteiger charge is 2.28. The van der Waals surface area contributed by atoms with Crippen LogP contribution in [0.3, 0.4) is 0 Å². The van der Waals surface area contributed by atoms with Gasteiger partial charge >= 0.3 is 6.18 Å². The molecule has 0 heterocycles. The molecule has 0 saturated carbocycles. The van der Waals surface area contributed by atoms with Gasteiger partial charge in [-0.2, -0.15) is 13.2 Å². The molecular formula is C7H13F3N2S. The standard InChI is InChI=1S/C7H13F3N2S/c1-12(5-7(8,9)10)4-2-3-6(11)13/h2-5H2,1H3,(H2,11,13). The van der Waals surface area contributed by atoms with Crippen molar-refractivity contribution in [2.45, 2.75) is 19.0 Å². The average Bonchev–Trinajstić information content (AvgIpc) is 1.81. The van der Waals surface area contributed by atoms with E-state index in [0.29, 0.717) is 24.4 Å². The molecule has 0 radical (unpaired) electrons. The SMILES string of the molecule is CN(CCCC(N)=S)CC(F)(F)F. The van der Waals surface area contributed by atoms with E-state index < -0.39 is 12.7 Å². The first-order valence-electron chi connectivity index (χ1n) is 3.85. The number of hydrogen-bond donors (Lipinski definition) is 1. The predicted molar refractivity (Wildman–Crippen MR) is 49.6 cm³/mol. The maximum Gasteiger partial charge on any atom is 0.401 e. The Balaban J connectivity index is 3.52. The Bertz CT molecular complexity index is 170. The second-order valence-corrected chi connectivity index (χ2v) is 3.45. The van der Waals surface area contributed by atoms with Gasteiger partial charge in [-0.3, -0.25) is 4.90 Å². The summed E-state index contributed by atoms with van der Waals surface area (Å²) in [5.41, 5.74) is 5.20. The first kappa shape index (κ1) is 12.6. The van der Waals surface area contributed by atoms with Gasteiger partial charge in [0.05, 0.1) is 11.5 Å². The second-order valence-electron chi connectivity index (χ2n) is 2.92.